The number of carbonyl (C=O) groups is 1. The number of para-hydroxylation sites is 1. The summed E-state index contributed by atoms with van der Waals surface area (Å²) in [7, 11) is 0. The van der Waals surface area contributed by atoms with E-state index >= 15 is 0 Å². The third-order valence-electron chi connectivity index (χ3n) is 3.34. The average Bonchev–Trinajstić information content (AvgIpc) is 2.60. The van der Waals surface area contributed by atoms with E-state index in [4.69, 9.17) is 23.2 Å². The highest BCUT2D eigenvalue weighted by Gasteiger charge is 2.12. The summed E-state index contributed by atoms with van der Waals surface area (Å²) in [6.07, 6.45) is 2.21. The zero-order valence-electron chi connectivity index (χ0n) is 12.9. The number of hydrogen-bond donors (Lipinski definition) is 2. The van der Waals surface area contributed by atoms with Gasteiger partial charge in [-0.3, -0.25) is 4.79 Å². The van der Waals surface area contributed by atoms with Crippen LogP contribution in [-0.2, 0) is 11.2 Å². The topological polar surface area (TPSA) is 64.9 Å². The summed E-state index contributed by atoms with van der Waals surface area (Å²) in [5, 5.41) is 15.4. The standard InChI is InChI=1S/C18H15Cl2N3O/c1-2-12-6-3-4-8-15(12)22-11-13(10-21)18(24)23-16-9-5-7-14(19)17(16)20/h3-9,11,22H,2H2,1H3,(H,23,24)/b13-11-. The molecule has 2 aromatic rings. The second-order valence-electron chi connectivity index (χ2n) is 4.88. The molecule has 2 aromatic carbocycles. The average molecular weight is 360 g/mol. The zero-order valence-corrected chi connectivity index (χ0v) is 14.4. The number of nitriles is 1. The Morgan fingerprint density at radius 3 is 2.58 bits per heavy atom. The van der Waals surface area contributed by atoms with Crippen molar-refractivity contribution in [2.45, 2.75) is 13.3 Å². The molecule has 4 nitrogen and oxygen atoms in total. The highest BCUT2D eigenvalue weighted by Crippen LogP contribution is 2.29. The second kappa shape index (κ2) is 8.39. The molecule has 0 radical (unpaired) electrons. The summed E-state index contributed by atoms with van der Waals surface area (Å²) in [6.45, 7) is 2.03. The van der Waals surface area contributed by atoms with Crippen molar-refractivity contribution < 1.29 is 4.79 Å². The fourth-order valence-corrected chi connectivity index (χ4v) is 2.41. The summed E-state index contributed by atoms with van der Waals surface area (Å²) in [4.78, 5) is 12.2. The van der Waals surface area contributed by atoms with Gasteiger partial charge in [0.25, 0.3) is 5.91 Å². The van der Waals surface area contributed by atoms with Gasteiger partial charge in [0.2, 0.25) is 0 Å². The van der Waals surface area contributed by atoms with E-state index in [1.54, 1.807) is 18.2 Å². The van der Waals surface area contributed by atoms with Gasteiger partial charge in [0.15, 0.2) is 0 Å². The molecule has 24 heavy (non-hydrogen) atoms. The number of carbonyl (C=O) groups excluding carboxylic acids is 1. The number of benzene rings is 2. The van der Waals surface area contributed by atoms with Crippen LogP contribution in [0.2, 0.25) is 10.0 Å². The number of rotatable bonds is 5. The molecule has 0 fully saturated rings. The monoisotopic (exact) mass is 359 g/mol. The van der Waals surface area contributed by atoms with E-state index in [0.29, 0.717) is 10.7 Å². The van der Waals surface area contributed by atoms with Crippen LogP contribution in [0, 0.1) is 11.3 Å². The van der Waals surface area contributed by atoms with Gasteiger partial charge in [0.1, 0.15) is 11.6 Å². The van der Waals surface area contributed by atoms with Crippen LogP contribution >= 0.6 is 23.2 Å². The van der Waals surface area contributed by atoms with Gasteiger partial charge in [-0.25, -0.2) is 0 Å². The van der Waals surface area contributed by atoms with Crippen molar-refractivity contribution in [3.8, 4) is 6.07 Å². The fraction of sp³-hybridized carbons (Fsp3) is 0.111. The van der Waals surface area contributed by atoms with Gasteiger partial charge in [-0.05, 0) is 30.2 Å². The Kier molecular flexibility index (Phi) is 6.25. The molecule has 0 heterocycles. The number of hydrogen-bond acceptors (Lipinski definition) is 3. The maximum atomic E-state index is 12.2. The molecule has 0 aliphatic heterocycles. The molecule has 0 aliphatic rings. The smallest absolute Gasteiger partial charge is 0.267 e. The maximum absolute atomic E-state index is 12.2. The van der Waals surface area contributed by atoms with Gasteiger partial charge in [0.05, 0.1) is 15.7 Å². The second-order valence-corrected chi connectivity index (χ2v) is 5.67. The van der Waals surface area contributed by atoms with Crippen molar-refractivity contribution in [1.29, 1.82) is 5.26 Å². The van der Waals surface area contributed by atoms with Crippen LogP contribution < -0.4 is 10.6 Å². The summed E-state index contributed by atoms with van der Waals surface area (Å²) in [5.74, 6) is -0.567. The number of aryl methyl sites for hydroxylation is 1. The molecule has 0 saturated carbocycles. The Morgan fingerprint density at radius 1 is 1.17 bits per heavy atom. The molecule has 1 amide bonds. The SMILES string of the molecule is CCc1ccccc1N/C=C(/C#N)C(=O)Nc1cccc(Cl)c1Cl. The number of halogens is 2. The molecule has 2 N–H and O–H groups in total. The lowest BCUT2D eigenvalue weighted by Crippen LogP contribution is -2.15. The van der Waals surface area contributed by atoms with Crippen molar-refractivity contribution in [2.24, 2.45) is 0 Å². The normalized spacial score (nSPS) is 10.8. The van der Waals surface area contributed by atoms with Gasteiger partial charge in [-0.1, -0.05) is 54.4 Å². The summed E-state index contributed by atoms with van der Waals surface area (Å²) >= 11 is 11.9. The molecule has 0 bridgehead atoms. The number of anilines is 2. The molecule has 0 spiro atoms. The minimum absolute atomic E-state index is 0.0723. The summed E-state index contributed by atoms with van der Waals surface area (Å²) < 4.78 is 0. The van der Waals surface area contributed by atoms with Crippen molar-refractivity contribution in [2.75, 3.05) is 10.6 Å². The molecular formula is C18H15Cl2N3O. The van der Waals surface area contributed by atoms with Crippen LogP contribution in [0.1, 0.15) is 12.5 Å². The highest BCUT2D eigenvalue weighted by molar-refractivity contribution is 6.44. The van der Waals surface area contributed by atoms with E-state index in [2.05, 4.69) is 10.6 Å². The van der Waals surface area contributed by atoms with Gasteiger partial charge >= 0.3 is 0 Å². The lowest BCUT2D eigenvalue weighted by molar-refractivity contribution is -0.112. The Labute approximate surface area is 150 Å². The lowest BCUT2D eigenvalue weighted by atomic mass is 10.1. The van der Waals surface area contributed by atoms with Crippen LogP contribution in [0.5, 0.6) is 0 Å². The van der Waals surface area contributed by atoms with Crippen LogP contribution in [0.4, 0.5) is 11.4 Å². The van der Waals surface area contributed by atoms with Gasteiger partial charge in [-0.2, -0.15) is 5.26 Å². The minimum Gasteiger partial charge on any atom is -0.360 e. The number of amides is 1. The molecule has 0 aromatic heterocycles. The maximum Gasteiger partial charge on any atom is 0.267 e. The van der Waals surface area contributed by atoms with E-state index in [1.165, 1.54) is 6.20 Å². The minimum atomic E-state index is -0.567. The third kappa shape index (κ3) is 4.29. The predicted molar refractivity (Wildman–Crippen MR) is 98.2 cm³/mol. The van der Waals surface area contributed by atoms with Crippen molar-refractivity contribution in [3.05, 3.63) is 69.8 Å². The molecular weight excluding hydrogens is 345 g/mol. The molecule has 122 valence electrons. The van der Waals surface area contributed by atoms with Gasteiger partial charge < -0.3 is 10.6 Å². The lowest BCUT2D eigenvalue weighted by Gasteiger charge is -2.09. The van der Waals surface area contributed by atoms with Crippen molar-refractivity contribution in [1.82, 2.24) is 0 Å². The Morgan fingerprint density at radius 2 is 1.88 bits per heavy atom. The largest absolute Gasteiger partial charge is 0.360 e. The van der Waals surface area contributed by atoms with Crippen molar-refractivity contribution in [3.63, 3.8) is 0 Å². The van der Waals surface area contributed by atoms with E-state index in [1.807, 2.05) is 37.3 Å². The Balaban J connectivity index is 2.17. The molecule has 0 saturated heterocycles. The molecule has 2 rings (SSSR count). The van der Waals surface area contributed by atoms with Crippen LogP contribution in [0.25, 0.3) is 0 Å². The Hall–Kier alpha value is -2.48. The highest BCUT2D eigenvalue weighted by atomic mass is 35.5. The van der Waals surface area contributed by atoms with E-state index in [0.717, 1.165) is 17.7 Å². The number of nitrogens with one attached hydrogen (secondary N) is 2. The van der Waals surface area contributed by atoms with Crippen LogP contribution in [0.15, 0.2) is 54.2 Å². The third-order valence-corrected chi connectivity index (χ3v) is 4.15. The molecule has 0 atom stereocenters. The molecule has 0 unspecified atom stereocenters. The first kappa shape index (κ1) is 17.9. The van der Waals surface area contributed by atoms with E-state index in [-0.39, 0.29) is 10.6 Å². The number of nitrogens with zero attached hydrogens (tertiary/aromatic N) is 1. The van der Waals surface area contributed by atoms with E-state index in [9.17, 15) is 10.1 Å². The summed E-state index contributed by atoms with van der Waals surface area (Å²) in [6, 6.07) is 14.4. The quantitative estimate of drug-likeness (QED) is 0.582. The predicted octanol–water partition coefficient (Wildman–Crippen LogP) is 5.01. The van der Waals surface area contributed by atoms with Crippen LogP contribution in [-0.4, -0.2) is 5.91 Å². The Bertz CT molecular complexity index is 825. The zero-order chi connectivity index (χ0) is 17.5. The van der Waals surface area contributed by atoms with Crippen LogP contribution in [0.3, 0.4) is 0 Å². The van der Waals surface area contributed by atoms with Gasteiger partial charge in [-0.15, -0.1) is 0 Å². The van der Waals surface area contributed by atoms with Gasteiger partial charge in [0, 0.05) is 11.9 Å². The van der Waals surface area contributed by atoms with Crippen molar-refractivity contribution >= 4 is 40.5 Å². The summed E-state index contributed by atoms with van der Waals surface area (Å²) in [5.41, 5.74) is 2.21. The molecule has 6 heteroatoms. The molecule has 0 aliphatic carbocycles. The first-order valence-corrected chi connectivity index (χ1v) is 8.02. The van der Waals surface area contributed by atoms with E-state index < -0.39 is 5.91 Å². The first-order chi connectivity index (χ1) is 11.6. The fourth-order valence-electron chi connectivity index (χ4n) is 2.06. The first-order valence-electron chi connectivity index (χ1n) is 7.27.